The maximum Gasteiger partial charge on any atom is 0.317 e. The Labute approximate surface area is 123 Å². The third-order valence-electron chi connectivity index (χ3n) is 3.66. The van der Waals surface area contributed by atoms with Crippen LogP contribution in [-0.2, 0) is 4.79 Å². The van der Waals surface area contributed by atoms with Crippen LogP contribution in [0, 0.1) is 0 Å². The van der Waals surface area contributed by atoms with E-state index in [0.29, 0.717) is 32.7 Å². The van der Waals surface area contributed by atoms with Crippen LogP contribution in [0.5, 0.6) is 0 Å². The van der Waals surface area contributed by atoms with Gasteiger partial charge in [0, 0.05) is 44.5 Å². The number of amides is 2. The van der Waals surface area contributed by atoms with E-state index in [1.54, 1.807) is 17.3 Å². The topological polar surface area (TPSA) is 102 Å². The Morgan fingerprint density at radius 3 is 2.71 bits per heavy atom. The zero-order valence-electron chi connectivity index (χ0n) is 12.1. The van der Waals surface area contributed by atoms with Crippen LogP contribution in [0.15, 0.2) is 12.4 Å². The average Bonchev–Trinajstić information content (AvgIpc) is 3.00. The molecular formula is C13H21N5O3. The van der Waals surface area contributed by atoms with Gasteiger partial charge in [-0.05, 0) is 6.92 Å². The summed E-state index contributed by atoms with van der Waals surface area (Å²) >= 11 is 0. The van der Waals surface area contributed by atoms with E-state index in [0.717, 1.165) is 5.56 Å². The molecule has 0 aliphatic carbocycles. The van der Waals surface area contributed by atoms with Crippen LogP contribution in [0.4, 0.5) is 4.79 Å². The van der Waals surface area contributed by atoms with Crippen LogP contribution >= 0.6 is 0 Å². The average molecular weight is 295 g/mol. The third-order valence-corrected chi connectivity index (χ3v) is 3.66. The van der Waals surface area contributed by atoms with Gasteiger partial charge in [-0.3, -0.25) is 14.8 Å². The number of carbonyl (C=O) groups excluding carboxylic acids is 1. The molecule has 2 amide bonds. The van der Waals surface area contributed by atoms with Crippen molar-refractivity contribution in [3.8, 4) is 0 Å². The highest BCUT2D eigenvalue weighted by atomic mass is 16.4. The van der Waals surface area contributed by atoms with E-state index in [9.17, 15) is 9.59 Å². The third kappa shape index (κ3) is 4.45. The number of urea groups is 1. The molecule has 8 nitrogen and oxygen atoms in total. The van der Waals surface area contributed by atoms with E-state index in [1.807, 2.05) is 6.92 Å². The van der Waals surface area contributed by atoms with Crippen LogP contribution in [-0.4, -0.2) is 69.8 Å². The minimum Gasteiger partial charge on any atom is -0.481 e. The molecule has 1 atom stereocenters. The lowest BCUT2D eigenvalue weighted by atomic mass is 10.2. The molecule has 1 aliphatic rings. The van der Waals surface area contributed by atoms with Crippen molar-refractivity contribution in [2.24, 2.45) is 0 Å². The first-order valence-corrected chi connectivity index (χ1v) is 7.04. The smallest absolute Gasteiger partial charge is 0.317 e. The van der Waals surface area contributed by atoms with Gasteiger partial charge in [-0.1, -0.05) is 0 Å². The highest BCUT2D eigenvalue weighted by molar-refractivity contribution is 5.74. The van der Waals surface area contributed by atoms with Crippen molar-refractivity contribution in [2.45, 2.75) is 19.4 Å². The molecule has 0 bridgehead atoms. The van der Waals surface area contributed by atoms with E-state index in [2.05, 4.69) is 20.4 Å². The fourth-order valence-corrected chi connectivity index (χ4v) is 2.29. The predicted molar refractivity (Wildman–Crippen MR) is 75.8 cm³/mol. The number of rotatable bonds is 5. The number of carboxylic acids is 1. The molecule has 0 aromatic carbocycles. The number of hydrogen-bond donors (Lipinski definition) is 3. The van der Waals surface area contributed by atoms with Crippen LogP contribution in [0.25, 0.3) is 0 Å². The number of carbonyl (C=O) groups is 2. The Morgan fingerprint density at radius 1 is 1.43 bits per heavy atom. The molecular weight excluding hydrogens is 274 g/mol. The molecule has 1 saturated heterocycles. The summed E-state index contributed by atoms with van der Waals surface area (Å²) in [7, 11) is 0. The molecule has 1 aliphatic heterocycles. The molecule has 2 heterocycles. The molecule has 116 valence electrons. The van der Waals surface area contributed by atoms with E-state index in [-0.39, 0.29) is 18.5 Å². The molecule has 0 radical (unpaired) electrons. The second kappa shape index (κ2) is 7.07. The summed E-state index contributed by atoms with van der Waals surface area (Å²) in [6.07, 6.45) is 3.59. The number of H-pyrrole nitrogens is 1. The molecule has 1 aromatic heterocycles. The van der Waals surface area contributed by atoms with Gasteiger partial charge in [0.15, 0.2) is 0 Å². The van der Waals surface area contributed by atoms with Crippen LogP contribution < -0.4 is 5.32 Å². The van der Waals surface area contributed by atoms with Gasteiger partial charge in [-0.15, -0.1) is 0 Å². The quantitative estimate of drug-likeness (QED) is 0.724. The number of nitrogens with zero attached hydrogens (tertiary/aromatic N) is 3. The molecule has 0 saturated carbocycles. The maximum atomic E-state index is 12.1. The maximum absolute atomic E-state index is 12.1. The van der Waals surface area contributed by atoms with E-state index in [4.69, 9.17) is 5.11 Å². The number of carboxylic acid groups (broad SMARTS) is 1. The van der Waals surface area contributed by atoms with Crippen LogP contribution in [0.1, 0.15) is 24.9 Å². The highest BCUT2D eigenvalue weighted by Gasteiger charge is 2.22. The first-order chi connectivity index (χ1) is 10.1. The number of hydrogen-bond acceptors (Lipinski definition) is 4. The molecule has 1 aromatic rings. The molecule has 1 fully saturated rings. The normalized spacial score (nSPS) is 17.5. The van der Waals surface area contributed by atoms with E-state index < -0.39 is 5.97 Å². The summed E-state index contributed by atoms with van der Waals surface area (Å²) in [5.41, 5.74) is 0.934. The summed E-state index contributed by atoms with van der Waals surface area (Å²) in [6, 6.07) is -0.192. The Hall–Kier alpha value is -2.09. The van der Waals surface area contributed by atoms with Gasteiger partial charge >= 0.3 is 12.0 Å². The SMILES string of the molecule is CC(NC(=O)N1CCN(CCC(=O)O)CC1)c1cn[nH]c1. The van der Waals surface area contributed by atoms with Crippen molar-refractivity contribution in [1.29, 1.82) is 0 Å². The number of aromatic amines is 1. The number of aliphatic carboxylic acids is 1. The molecule has 3 N–H and O–H groups in total. The zero-order chi connectivity index (χ0) is 15.2. The fraction of sp³-hybridized carbons (Fsp3) is 0.615. The molecule has 1 unspecified atom stereocenters. The number of nitrogens with one attached hydrogen (secondary N) is 2. The van der Waals surface area contributed by atoms with Gasteiger partial charge < -0.3 is 15.3 Å². The molecule has 2 rings (SSSR count). The Kier molecular flexibility index (Phi) is 5.15. The summed E-state index contributed by atoms with van der Waals surface area (Å²) in [5, 5.41) is 18.2. The summed E-state index contributed by atoms with van der Waals surface area (Å²) in [5.74, 6) is -0.788. The van der Waals surface area contributed by atoms with Crippen LogP contribution in [0.3, 0.4) is 0 Å². The van der Waals surface area contributed by atoms with E-state index >= 15 is 0 Å². The van der Waals surface area contributed by atoms with Gasteiger partial charge in [-0.2, -0.15) is 5.10 Å². The zero-order valence-corrected chi connectivity index (χ0v) is 12.1. The van der Waals surface area contributed by atoms with Gasteiger partial charge in [0.1, 0.15) is 0 Å². The van der Waals surface area contributed by atoms with Gasteiger partial charge in [0.05, 0.1) is 18.7 Å². The predicted octanol–water partition coefficient (Wildman–Crippen LogP) is 0.273. The van der Waals surface area contributed by atoms with Crippen molar-refractivity contribution in [1.82, 2.24) is 25.3 Å². The largest absolute Gasteiger partial charge is 0.481 e. The standard InChI is InChI=1S/C13H21N5O3/c1-10(11-8-14-15-9-11)16-13(21)18-6-4-17(5-7-18)3-2-12(19)20/h8-10H,2-7H2,1H3,(H,14,15)(H,16,21)(H,19,20). The van der Waals surface area contributed by atoms with Crippen molar-refractivity contribution >= 4 is 12.0 Å². The summed E-state index contributed by atoms with van der Waals surface area (Å²) < 4.78 is 0. The fourth-order valence-electron chi connectivity index (χ4n) is 2.29. The summed E-state index contributed by atoms with van der Waals surface area (Å²) in [4.78, 5) is 26.5. The van der Waals surface area contributed by atoms with Gasteiger partial charge in [0.2, 0.25) is 0 Å². The first kappa shape index (κ1) is 15.3. The Bertz CT molecular complexity index is 468. The highest BCUT2D eigenvalue weighted by Crippen LogP contribution is 2.10. The minimum atomic E-state index is -0.788. The van der Waals surface area contributed by atoms with Crippen molar-refractivity contribution < 1.29 is 14.7 Å². The van der Waals surface area contributed by atoms with Crippen molar-refractivity contribution in [3.63, 3.8) is 0 Å². The second-order valence-corrected chi connectivity index (χ2v) is 5.18. The molecule has 21 heavy (non-hydrogen) atoms. The first-order valence-electron chi connectivity index (χ1n) is 7.04. The van der Waals surface area contributed by atoms with Gasteiger partial charge in [-0.25, -0.2) is 4.79 Å². The van der Waals surface area contributed by atoms with Crippen molar-refractivity contribution in [2.75, 3.05) is 32.7 Å². The molecule has 0 spiro atoms. The Balaban J connectivity index is 1.74. The minimum absolute atomic E-state index is 0.0958. The lowest BCUT2D eigenvalue weighted by Gasteiger charge is -2.35. The van der Waals surface area contributed by atoms with E-state index in [1.165, 1.54) is 0 Å². The molecule has 8 heteroatoms. The lowest BCUT2D eigenvalue weighted by Crippen LogP contribution is -2.52. The monoisotopic (exact) mass is 295 g/mol. The van der Waals surface area contributed by atoms with Crippen LogP contribution in [0.2, 0.25) is 0 Å². The second-order valence-electron chi connectivity index (χ2n) is 5.18. The summed E-state index contributed by atoms with van der Waals surface area (Å²) in [6.45, 7) is 5.09. The van der Waals surface area contributed by atoms with Gasteiger partial charge in [0.25, 0.3) is 0 Å². The van der Waals surface area contributed by atoms with Crippen molar-refractivity contribution in [3.05, 3.63) is 18.0 Å². The lowest BCUT2D eigenvalue weighted by molar-refractivity contribution is -0.137. The Morgan fingerprint density at radius 2 is 2.14 bits per heavy atom. The number of piperazine rings is 1. The number of aromatic nitrogens is 2.